The Morgan fingerprint density at radius 3 is 1.49 bits per heavy atom. The van der Waals surface area contributed by atoms with Crippen LogP contribution in [0.5, 0.6) is 0 Å². The van der Waals surface area contributed by atoms with Gasteiger partial charge in [0.1, 0.15) is 0 Å². The maximum atomic E-state index is 2.48. The third-order valence-corrected chi connectivity index (χ3v) is 8.09. The first-order chi connectivity index (χ1) is 19.3. The summed E-state index contributed by atoms with van der Waals surface area (Å²) in [5, 5.41) is 5.12. The van der Waals surface area contributed by atoms with Crippen molar-refractivity contribution in [2.75, 3.05) is 0 Å². The second kappa shape index (κ2) is 8.47. The van der Waals surface area contributed by atoms with Crippen molar-refractivity contribution < 1.29 is 0 Å². The van der Waals surface area contributed by atoms with Gasteiger partial charge in [-0.2, -0.15) is 0 Å². The zero-order valence-corrected chi connectivity index (χ0v) is 21.7. The number of fused-ring (bicyclic) bond motifs is 7. The van der Waals surface area contributed by atoms with Gasteiger partial charge in [-0.3, -0.25) is 0 Å². The lowest BCUT2D eigenvalue weighted by Crippen LogP contribution is -1.98. The Labute approximate surface area is 227 Å². The summed E-state index contributed by atoms with van der Waals surface area (Å²) < 4.78 is 4.84. The lowest BCUT2D eigenvalue weighted by atomic mass is 9.98. The van der Waals surface area contributed by atoms with E-state index in [0.29, 0.717) is 0 Å². The second-order valence-electron chi connectivity index (χ2n) is 10.3. The number of benzene rings is 6. The smallest absolute Gasteiger partial charge is 0.0785 e. The van der Waals surface area contributed by atoms with Crippen LogP contribution in [0.1, 0.15) is 0 Å². The van der Waals surface area contributed by atoms with E-state index in [0.717, 1.165) is 0 Å². The third-order valence-electron chi connectivity index (χ3n) is 8.09. The number of rotatable bonds is 3. The predicted molar refractivity (Wildman–Crippen MR) is 166 cm³/mol. The molecule has 0 spiro atoms. The van der Waals surface area contributed by atoms with E-state index >= 15 is 0 Å². The fraction of sp³-hybridized carbons (Fsp3) is 0.0270. The summed E-state index contributed by atoms with van der Waals surface area (Å²) in [6.07, 6.45) is 0. The molecule has 0 radical (unpaired) electrons. The van der Waals surface area contributed by atoms with Gasteiger partial charge < -0.3 is 9.13 Å². The van der Waals surface area contributed by atoms with Gasteiger partial charge >= 0.3 is 0 Å². The molecule has 0 aliphatic heterocycles. The molecule has 8 aromatic rings. The first kappa shape index (κ1) is 22.0. The molecular weight excluding hydrogens is 472 g/mol. The van der Waals surface area contributed by atoms with E-state index in [9.17, 15) is 0 Å². The number of aromatic nitrogens is 2. The maximum Gasteiger partial charge on any atom is 0.0785 e. The van der Waals surface area contributed by atoms with Gasteiger partial charge in [0, 0.05) is 39.8 Å². The molecule has 0 amide bonds. The highest BCUT2D eigenvalue weighted by atomic mass is 15.0. The number of hydrogen-bond acceptors (Lipinski definition) is 0. The molecule has 0 fully saturated rings. The van der Waals surface area contributed by atoms with E-state index in [2.05, 4.69) is 156 Å². The van der Waals surface area contributed by atoms with Gasteiger partial charge in [0.05, 0.1) is 16.6 Å². The second-order valence-corrected chi connectivity index (χ2v) is 10.3. The van der Waals surface area contributed by atoms with Crippen molar-refractivity contribution in [3.8, 4) is 27.9 Å². The SMILES string of the molecule is Cn1c2ccccc2c2ccc3c4ccccc4n(-c4cc(-c5ccccc5)cc(-c5ccccc5)c4)c3c21. The molecule has 0 N–H and O–H groups in total. The van der Waals surface area contributed by atoms with Crippen LogP contribution in [0.4, 0.5) is 0 Å². The quantitative estimate of drug-likeness (QED) is 0.229. The highest BCUT2D eigenvalue weighted by Crippen LogP contribution is 2.41. The zero-order chi connectivity index (χ0) is 25.9. The molecule has 0 unspecified atom stereocenters. The van der Waals surface area contributed by atoms with E-state index in [4.69, 9.17) is 0 Å². The van der Waals surface area contributed by atoms with Gasteiger partial charge in [-0.1, -0.05) is 109 Å². The van der Waals surface area contributed by atoms with E-state index in [1.807, 2.05) is 0 Å². The molecule has 0 saturated carbocycles. The minimum Gasteiger partial charge on any atom is -0.342 e. The van der Waals surface area contributed by atoms with Crippen LogP contribution in [0, 0.1) is 0 Å². The fourth-order valence-corrected chi connectivity index (χ4v) is 6.31. The molecule has 2 aromatic heterocycles. The van der Waals surface area contributed by atoms with Crippen molar-refractivity contribution in [1.82, 2.24) is 9.13 Å². The van der Waals surface area contributed by atoms with Gasteiger partial charge in [-0.05, 0) is 52.6 Å². The summed E-state index contributed by atoms with van der Waals surface area (Å²) >= 11 is 0. The minimum atomic E-state index is 1.17. The summed E-state index contributed by atoms with van der Waals surface area (Å²) in [4.78, 5) is 0. The molecule has 39 heavy (non-hydrogen) atoms. The van der Waals surface area contributed by atoms with Crippen LogP contribution in [0.15, 0.2) is 140 Å². The molecular formula is C37H26N2. The van der Waals surface area contributed by atoms with E-state index in [-0.39, 0.29) is 0 Å². The Balaban J connectivity index is 1.55. The average Bonchev–Trinajstić information content (AvgIpc) is 3.50. The molecule has 8 rings (SSSR count). The van der Waals surface area contributed by atoms with Crippen LogP contribution in [-0.2, 0) is 7.05 Å². The topological polar surface area (TPSA) is 9.86 Å². The molecule has 0 aliphatic carbocycles. The molecule has 0 aliphatic rings. The van der Waals surface area contributed by atoms with Crippen LogP contribution in [0.25, 0.3) is 71.6 Å². The highest BCUT2D eigenvalue weighted by molar-refractivity contribution is 6.23. The van der Waals surface area contributed by atoms with E-state index in [1.165, 1.54) is 71.6 Å². The summed E-state index contributed by atoms with van der Waals surface area (Å²) in [5.41, 5.74) is 11.0. The Kier molecular flexibility index (Phi) is 4.77. The van der Waals surface area contributed by atoms with Crippen molar-refractivity contribution in [3.63, 3.8) is 0 Å². The Hall–Kier alpha value is -5.08. The number of hydrogen-bond donors (Lipinski definition) is 0. The van der Waals surface area contributed by atoms with Crippen LogP contribution < -0.4 is 0 Å². The van der Waals surface area contributed by atoms with Crippen molar-refractivity contribution in [2.45, 2.75) is 0 Å². The Morgan fingerprint density at radius 2 is 0.872 bits per heavy atom. The molecule has 2 heterocycles. The first-order valence-corrected chi connectivity index (χ1v) is 13.4. The van der Waals surface area contributed by atoms with Gasteiger partial charge in [-0.25, -0.2) is 0 Å². The average molecular weight is 499 g/mol. The summed E-state index contributed by atoms with van der Waals surface area (Å²) in [5.74, 6) is 0. The lowest BCUT2D eigenvalue weighted by molar-refractivity contribution is 1.01. The van der Waals surface area contributed by atoms with Gasteiger partial charge in [0.15, 0.2) is 0 Å². The molecule has 6 aromatic carbocycles. The summed E-state index contributed by atoms with van der Waals surface area (Å²) in [6.45, 7) is 0. The van der Waals surface area contributed by atoms with Crippen LogP contribution in [-0.4, -0.2) is 9.13 Å². The van der Waals surface area contributed by atoms with Crippen LogP contribution in [0.3, 0.4) is 0 Å². The molecule has 2 nitrogen and oxygen atoms in total. The largest absolute Gasteiger partial charge is 0.342 e. The van der Waals surface area contributed by atoms with Crippen LogP contribution in [0.2, 0.25) is 0 Å². The number of para-hydroxylation sites is 2. The maximum absolute atomic E-state index is 2.48. The molecule has 0 saturated heterocycles. The van der Waals surface area contributed by atoms with Gasteiger partial charge in [-0.15, -0.1) is 0 Å². The van der Waals surface area contributed by atoms with Crippen molar-refractivity contribution in [1.29, 1.82) is 0 Å². The minimum absolute atomic E-state index is 1.17. The number of aryl methyl sites for hydroxylation is 1. The third kappa shape index (κ3) is 3.28. The Morgan fingerprint density at radius 1 is 0.385 bits per heavy atom. The van der Waals surface area contributed by atoms with Gasteiger partial charge in [0.2, 0.25) is 0 Å². The zero-order valence-electron chi connectivity index (χ0n) is 21.7. The van der Waals surface area contributed by atoms with E-state index < -0.39 is 0 Å². The molecule has 184 valence electrons. The molecule has 0 atom stereocenters. The van der Waals surface area contributed by atoms with Crippen LogP contribution >= 0.6 is 0 Å². The molecule has 0 bridgehead atoms. The van der Waals surface area contributed by atoms with Crippen molar-refractivity contribution in [3.05, 3.63) is 140 Å². The predicted octanol–water partition coefficient (Wildman–Crippen LogP) is 9.76. The summed E-state index contributed by atoms with van der Waals surface area (Å²) in [6, 6.07) is 50.5. The normalized spacial score (nSPS) is 11.7. The number of nitrogens with zero attached hydrogens (tertiary/aromatic N) is 2. The first-order valence-electron chi connectivity index (χ1n) is 13.4. The van der Waals surface area contributed by atoms with E-state index in [1.54, 1.807) is 0 Å². The summed E-state index contributed by atoms with van der Waals surface area (Å²) in [7, 11) is 2.20. The highest BCUT2D eigenvalue weighted by Gasteiger charge is 2.19. The fourth-order valence-electron chi connectivity index (χ4n) is 6.31. The van der Waals surface area contributed by atoms with Crippen molar-refractivity contribution in [2.24, 2.45) is 7.05 Å². The monoisotopic (exact) mass is 498 g/mol. The lowest BCUT2D eigenvalue weighted by Gasteiger charge is -2.15. The van der Waals surface area contributed by atoms with Gasteiger partial charge in [0.25, 0.3) is 0 Å². The standard InChI is InChI=1S/C37H26N2/c1-38-34-18-10-8-16-30(34)32-20-21-33-31-17-9-11-19-35(31)39(37(33)36(32)38)29-23-27(25-12-4-2-5-13-25)22-28(24-29)26-14-6-3-7-15-26/h2-24H,1H3. The Bertz CT molecular complexity index is 2110. The molecule has 2 heteroatoms. The van der Waals surface area contributed by atoms with Crippen molar-refractivity contribution >= 4 is 43.6 Å².